The molecular formula is C12H27NO. The van der Waals surface area contributed by atoms with E-state index in [1.807, 2.05) is 0 Å². The molecule has 0 aliphatic heterocycles. The molecule has 0 aromatic carbocycles. The highest BCUT2D eigenvalue weighted by Gasteiger charge is 2.08. The molecular weight excluding hydrogens is 174 g/mol. The topological polar surface area (TPSA) is 32.3 Å². The van der Waals surface area contributed by atoms with Gasteiger partial charge < -0.3 is 10.4 Å². The largest absolute Gasteiger partial charge is 0.396 e. The van der Waals surface area contributed by atoms with Crippen molar-refractivity contribution >= 4 is 0 Å². The van der Waals surface area contributed by atoms with Gasteiger partial charge in [-0.2, -0.15) is 0 Å². The quantitative estimate of drug-likeness (QED) is 0.601. The van der Waals surface area contributed by atoms with E-state index in [0.29, 0.717) is 18.7 Å². The molecule has 0 radical (unpaired) electrons. The second-order valence-corrected chi connectivity index (χ2v) is 4.18. The van der Waals surface area contributed by atoms with E-state index in [9.17, 15) is 0 Å². The minimum Gasteiger partial charge on any atom is -0.396 e. The maximum absolute atomic E-state index is 8.72. The molecule has 0 fully saturated rings. The molecule has 0 spiro atoms. The molecule has 0 bridgehead atoms. The Hall–Kier alpha value is -0.0800. The molecule has 0 amide bonds. The van der Waals surface area contributed by atoms with Crippen molar-refractivity contribution in [2.24, 2.45) is 0 Å². The van der Waals surface area contributed by atoms with Gasteiger partial charge in [0, 0.05) is 18.7 Å². The van der Waals surface area contributed by atoms with Crippen molar-refractivity contribution in [1.82, 2.24) is 5.32 Å². The Morgan fingerprint density at radius 1 is 1.14 bits per heavy atom. The van der Waals surface area contributed by atoms with Crippen molar-refractivity contribution in [3.05, 3.63) is 0 Å². The smallest absolute Gasteiger partial charge is 0.0431 e. The van der Waals surface area contributed by atoms with Crippen molar-refractivity contribution in [3.8, 4) is 0 Å². The van der Waals surface area contributed by atoms with E-state index in [1.165, 1.54) is 25.7 Å². The Balaban J connectivity index is 3.57. The minimum absolute atomic E-state index is 0.317. The van der Waals surface area contributed by atoms with E-state index in [1.54, 1.807) is 0 Å². The highest BCUT2D eigenvalue weighted by molar-refractivity contribution is 4.70. The molecule has 2 nitrogen and oxygen atoms in total. The molecule has 0 rings (SSSR count). The van der Waals surface area contributed by atoms with Gasteiger partial charge in [0.2, 0.25) is 0 Å². The number of rotatable bonds is 9. The first-order valence-corrected chi connectivity index (χ1v) is 6.11. The molecule has 2 N–H and O–H groups in total. The average Bonchev–Trinajstić information content (AvgIpc) is 2.21. The van der Waals surface area contributed by atoms with Crippen LogP contribution in [0.1, 0.15) is 59.3 Å². The fourth-order valence-electron chi connectivity index (χ4n) is 1.74. The molecule has 0 heterocycles. The van der Waals surface area contributed by atoms with E-state index in [4.69, 9.17) is 5.11 Å². The summed E-state index contributed by atoms with van der Waals surface area (Å²) in [5.74, 6) is 0. The number of aliphatic hydroxyl groups is 1. The van der Waals surface area contributed by atoms with E-state index in [0.717, 1.165) is 12.8 Å². The Bertz CT molecular complexity index is 117. The zero-order valence-corrected chi connectivity index (χ0v) is 10.1. The van der Waals surface area contributed by atoms with Crippen LogP contribution in [0.3, 0.4) is 0 Å². The first-order chi connectivity index (χ1) is 6.74. The lowest BCUT2D eigenvalue weighted by atomic mass is 10.1. The standard InChI is InChI=1S/C12H27NO/c1-4-6-9-12(5-2)13-11(3)8-7-10-14/h11-14H,4-10H2,1-3H3/t11-,12-/m0/s1. The van der Waals surface area contributed by atoms with Crippen LogP contribution in [-0.4, -0.2) is 23.8 Å². The molecule has 2 heteroatoms. The van der Waals surface area contributed by atoms with Crippen LogP contribution in [0.25, 0.3) is 0 Å². The molecule has 86 valence electrons. The van der Waals surface area contributed by atoms with Crippen LogP contribution in [0.2, 0.25) is 0 Å². The predicted octanol–water partition coefficient (Wildman–Crippen LogP) is 2.71. The number of hydrogen-bond acceptors (Lipinski definition) is 2. The molecule has 2 atom stereocenters. The van der Waals surface area contributed by atoms with Crippen molar-refractivity contribution in [2.45, 2.75) is 71.4 Å². The summed E-state index contributed by atoms with van der Waals surface area (Å²) >= 11 is 0. The van der Waals surface area contributed by atoms with Crippen LogP contribution < -0.4 is 5.32 Å². The lowest BCUT2D eigenvalue weighted by Gasteiger charge is -2.22. The Kier molecular flexibility index (Phi) is 9.42. The summed E-state index contributed by atoms with van der Waals surface area (Å²) in [4.78, 5) is 0. The van der Waals surface area contributed by atoms with Crippen molar-refractivity contribution < 1.29 is 5.11 Å². The number of aliphatic hydroxyl groups excluding tert-OH is 1. The maximum Gasteiger partial charge on any atom is 0.0431 e. The number of unbranched alkanes of at least 4 members (excludes halogenated alkanes) is 1. The second kappa shape index (κ2) is 9.47. The van der Waals surface area contributed by atoms with Crippen LogP contribution >= 0.6 is 0 Å². The van der Waals surface area contributed by atoms with Gasteiger partial charge >= 0.3 is 0 Å². The molecule has 0 saturated heterocycles. The summed E-state index contributed by atoms with van der Waals surface area (Å²) in [7, 11) is 0. The van der Waals surface area contributed by atoms with E-state index in [-0.39, 0.29) is 0 Å². The van der Waals surface area contributed by atoms with Gasteiger partial charge in [-0.25, -0.2) is 0 Å². The van der Waals surface area contributed by atoms with Crippen LogP contribution in [0, 0.1) is 0 Å². The minimum atomic E-state index is 0.317. The first-order valence-electron chi connectivity index (χ1n) is 6.11. The van der Waals surface area contributed by atoms with Gasteiger partial charge in [-0.3, -0.25) is 0 Å². The summed E-state index contributed by atoms with van der Waals surface area (Å²) in [5, 5.41) is 12.3. The Morgan fingerprint density at radius 3 is 2.36 bits per heavy atom. The maximum atomic E-state index is 8.72. The molecule has 0 unspecified atom stereocenters. The highest BCUT2D eigenvalue weighted by Crippen LogP contribution is 2.06. The molecule has 0 aliphatic carbocycles. The molecule has 0 aromatic heterocycles. The third-order valence-electron chi connectivity index (χ3n) is 2.71. The van der Waals surface area contributed by atoms with Crippen molar-refractivity contribution in [2.75, 3.05) is 6.61 Å². The van der Waals surface area contributed by atoms with E-state index in [2.05, 4.69) is 26.1 Å². The molecule has 0 saturated carbocycles. The van der Waals surface area contributed by atoms with E-state index >= 15 is 0 Å². The zero-order valence-electron chi connectivity index (χ0n) is 10.1. The Labute approximate surface area is 89.1 Å². The fraction of sp³-hybridized carbons (Fsp3) is 1.00. The van der Waals surface area contributed by atoms with Crippen LogP contribution in [-0.2, 0) is 0 Å². The lowest BCUT2D eigenvalue weighted by Crippen LogP contribution is -2.36. The summed E-state index contributed by atoms with van der Waals surface area (Å²) < 4.78 is 0. The summed E-state index contributed by atoms with van der Waals surface area (Å²) in [6, 6.07) is 1.22. The fourth-order valence-corrected chi connectivity index (χ4v) is 1.74. The molecule has 0 aromatic rings. The zero-order chi connectivity index (χ0) is 10.8. The van der Waals surface area contributed by atoms with Gasteiger partial charge in [0.15, 0.2) is 0 Å². The first kappa shape index (κ1) is 13.9. The van der Waals surface area contributed by atoms with Gasteiger partial charge in [-0.1, -0.05) is 26.7 Å². The normalized spacial score (nSPS) is 15.4. The third kappa shape index (κ3) is 7.34. The lowest BCUT2D eigenvalue weighted by molar-refractivity contribution is 0.272. The molecule has 0 aliphatic rings. The Morgan fingerprint density at radius 2 is 1.86 bits per heavy atom. The summed E-state index contributed by atoms with van der Waals surface area (Å²) in [5.41, 5.74) is 0. The van der Waals surface area contributed by atoms with Crippen molar-refractivity contribution in [1.29, 1.82) is 0 Å². The van der Waals surface area contributed by atoms with Gasteiger partial charge in [0.1, 0.15) is 0 Å². The van der Waals surface area contributed by atoms with Gasteiger partial charge in [-0.15, -0.1) is 0 Å². The second-order valence-electron chi connectivity index (χ2n) is 4.18. The SMILES string of the molecule is CCCC[C@H](CC)N[C@@H](C)CCCO. The number of nitrogens with one attached hydrogen (secondary N) is 1. The van der Waals surface area contributed by atoms with E-state index < -0.39 is 0 Å². The predicted molar refractivity (Wildman–Crippen MR) is 62.5 cm³/mol. The van der Waals surface area contributed by atoms with Gasteiger partial charge in [0.05, 0.1) is 0 Å². The van der Waals surface area contributed by atoms with Crippen LogP contribution in [0.15, 0.2) is 0 Å². The summed E-state index contributed by atoms with van der Waals surface area (Å²) in [6.07, 6.45) is 7.10. The van der Waals surface area contributed by atoms with Gasteiger partial charge in [-0.05, 0) is 32.6 Å². The monoisotopic (exact) mass is 201 g/mol. The third-order valence-corrected chi connectivity index (χ3v) is 2.71. The van der Waals surface area contributed by atoms with Gasteiger partial charge in [0.25, 0.3) is 0 Å². The van der Waals surface area contributed by atoms with Crippen molar-refractivity contribution in [3.63, 3.8) is 0 Å². The summed E-state index contributed by atoms with van der Waals surface area (Å²) in [6.45, 7) is 7.01. The average molecular weight is 201 g/mol. The highest BCUT2D eigenvalue weighted by atomic mass is 16.2. The number of hydrogen-bond donors (Lipinski definition) is 2. The van der Waals surface area contributed by atoms with Crippen LogP contribution in [0.5, 0.6) is 0 Å². The van der Waals surface area contributed by atoms with Crippen LogP contribution in [0.4, 0.5) is 0 Å². The molecule has 14 heavy (non-hydrogen) atoms.